The number of anilines is 1. The summed E-state index contributed by atoms with van der Waals surface area (Å²) in [6.07, 6.45) is 10.1. The maximum atomic E-state index is 12.8. The van der Waals surface area contributed by atoms with Gasteiger partial charge in [-0.3, -0.25) is 14.9 Å². The van der Waals surface area contributed by atoms with Crippen LogP contribution in [0.3, 0.4) is 0 Å². The van der Waals surface area contributed by atoms with Crippen LogP contribution < -0.4 is 20.7 Å². The van der Waals surface area contributed by atoms with Gasteiger partial charge in [-0.1, -0.05) is 57.6 Å². The summed E-state index contributed by atoms with van der Waals surface area (Å²) in [5.74, 6) is 0.165. The minimum absolute atomic E-state index is 0.0550. The lowest BCUT2D eigenvalue weighted by molar-refractivity contribution is 0.0926. The topological polar surface area (TPSA) is 79.5 Å². The molecule has 0 spiro atoms. The second-order valence-electron chi connectivity index (χ2n) is 8.70. The van der Waals surface area contributed by atoms with Crippen LogP contribution in [0, 0.1) is 0 Å². The second kappa shape index (κ2) is 13.7. The van der Waals surface area contributed by atoms with E-state index in [0.717, 1.165) is 25.7 Å². The normalized spacial score (nSPS) is 13.7. The van der Waals surface area contributed by atoms with Gasteiger partial charge < -0.3 is 15.4 Å². The van der Waals surface area contributed by atoms with Crippen molar-refractivity contribution in [3.8, 4) is 5.75 Å². The molecule has 1 aliphatic carbocycles. The standard InChI is InChI=1S/C27H35N3O3S/c1-2-3-4-10-19-33-24-14-9-8-13-23(24)26(32)30-27(34)29-22-17-15-20(16-18-22)25(31)28-21-11-6-5-7-12-21/h8-9,13-18,21H,2-7,10-12,19H2,1H3,(H,28,31)(H2,29,30,32,34). The molecule has 0 heterocycles. The molecule has 2 aromatic rings. The van der Waals surface area contributed by atoms with Gasteiger partial charge in [0, 0.05) is 17.3 Å². The molecular formula is C27H35N3O3S. The predicted molar refractivity (Wildman–Crippen MR) is 141 cm³/mol. The number of thiocarbonyl (C=S) groups is 1. The van der Waals surface area contributed by atoms with Gasteiger partial charge in [-0.15, -0.1) is 0 Å². The number of benzene rings is 2. The van der Waals surface area contributed by atoms with Gasteiger partial charge in [0.25, 0.3) is 11.8 Å². The molecule has 0 saturated heterocycles. The van der Waals surface area contributed by atoms with E-state index in [-0.39, 0.29) is 23.0 Å². The highest BCUT2D eigenvalue weighted by Crippen LogP contribution is 2.20. The molecule has 7 heteroatoms. The van der Waals surface area contributed by atoms with Crippen molar-refractivity contribution < 1.29 is 14.3 Å². The fourth-order valence-electron chi connectivity index (χ4n) is 4.04. The first kappa shape index (κ1) is 25.7. The van der Waals surface area contributed by atoms with Crippen molar-refractivity contribution >= 4 is 34.8 Å². The Morgan fingerprint density at radius 2 is 1.68 bits per heavy atom. The summed E-state index contributed by atoms with van der Waals surface area (Å²) in [7, 11) is 0. The Hall–Kier alpha value is -2.93. The van der Waals surface area contributed by atoms with Crippen LogP contribution in [-0.4, -0.2) is 29.6 Å². The monoisotopic (exact) mass is 481 g/mol. The smallest absolute Gasteiger partial charge is 0.261 e. The van der Waals surface area contributed by atoms with Crippen LogP contribution in [0.5, 0.6) is 5.75 Å². The van der Waals surface area contributed by atoms with Gasteiger partial charge in [-0.2, -0.15) is 0 Å². The Morgan fingerprint density at radius 3 is 2.41 bits per heavy atom. The number of carbonyl (C=O) groups excluding carboxylic acids is 2. The quantitative estimate of drug-likeness (QED) is 0.294. The van der Waals surface area contributed by atoms with E-state index in [1.807, 2.05) is 6.07 Å². The van der Waals surface area contributed by atoms with E-state index in [2.05, 4.69) is 22.9 Å². The molecule has 6 nitrogen and oxygen atoms in total. The van der Waals surface area contributed by atoms with Crippen molar-refractivity contribution in [3.05, 3.63) is 59.7 Å². The van der Waals surface area contributed by atoms with Crippen molar-refractivity contribution in [1.82, 2.24) is 10.6 Å². The lowest BCUT2D eigenvalue weighted by Crippen LogP contribution is -2.36. The Labute approximate surface area is 207 Å². The zero-order valence-electron chi connectivity index (χ0n) is 19.9. The number of hydrogen-bond acceptors (Lipinski definition) is 4. The van der Waals surface area contributed by atoms with Crippen molar-refractivity contribution in [3.63, 3.8) is 0 Å². The molecular weight excluding hydrogens is 446 g/mol. The maximum absolute atomic E-state index is 12.8. The summed E-state index contributed by atoms with van der Waals surface area (Å²) in [5.41, 5.74) is 1.74. The van der Waals surface area contributed by atoms with Crippen molar-refractivity contribution in [1.29, 1.82) is 0 Å². The minimum Gasteiger partial charge on any atom is -0.493 e. The van der Waals surface area contributed by atoms with Crippen molar-refractivity contribution in [2.75, 3.05) is 11.9 Å². The summed E-state index contributed by atoms with van der Waals surface area (Å²) in [6, 6.07) is 14.5. The Bertz CT molecular complexity index is 956. The maximum Gasteiger partial charge on any atom is 0.261 e. The molecule has 0 bridgehead atoms. The second-order valence-corrected chi connectivity index (χ2v) is 9.11. The number of para-hydroxylation sites is 1. The molecule has 1 fully saturated rings. The van der Waals surface area contributed by atoms with Crippen LogP contribution in [0.1, 0.15) is 85.4 Å². The molecule has 3 rings (SSSR count). The van der Waals surface area contributed by atoms with Gasteiger partial charge in [0.2, 0.25) is 0 Å². The van der Waals surface area contributed by atoms with E-state index in [1.165, 1.54) is 32.1 Å². The van der Waals surface area contributed by atoms with E-state index < -0.39 is 0 Å². The van der Waals surface area contributed by atoms with Gasteiger partial charge in [0.05, 0.1) is 12.2 Å². The number of amides is 2. The van der Waals surface area contributed by atoms with Gasteiger partial charge in [0.1, 0.15) is 5.75 Å². The molecule has 0 atom stereocenters. The highest BCUT2D eigenvalue weighted by molar-refractivity contribution is 7.80. The van der Waals surface area contributed by atoms with E-state index in [0.29, 0.717) is 29.2 Å². The van der Waals surface area contributed by atoms with E-state index in [1.54, 1.807) is 42.5 Å². The van der Waals surface area contributed by atoms with Crippen LogP contribution in [0.15, 0.2) is 48.5 Å². The molecule has 0 aromatic heterocycles. The molecule has 0 aliphatic heterocycles. The zero-order chi connectivity index (χ0) is 24.2. The van der Waals surface area contributed by atoms with Gasteiger partial charge in [0.15, 0.2) is 5.11 Å². The van der Waals surface area contributed by atoms with Crippen molar-refractivity contribution in [2.45, 2.75) is 70.8 Å². The number of rotatable bonds is 10. The number of carbonyl (C=O) groups is 2. The molecule has 182 valence electrons. The first-order chi connectivity index (χ1) is 16.6. The molecule has 2 aromatic carbocycles. The fourth-order valence-corrected chi connectivity index (χ4v) is 4.25. The third-order valence-corrected chi connectivity index (χ3v) is 6.16. The number of ether oxygens (including phenoxy) is 1. The SMILES string of the molecule is CCCCCCOc1ccccc1C(=O)NC(=S)Nc1ccc(C(=O)NC2CCCCC2)cc1. The summed E-state index contributed by atoms with van der Waals surface area (Å²) in [6.45, 7) is 2.74. The lowest BCUT2D eigenvalue weighted by Gasteiger charge is -2.22. The molecule has 3 N–H and O–H groups in total. The number of nitrogens with one attached hydrogen (secondary N) is 3. The first-order valence-corrected chi connectivity index (χ1v) is 12.7. The molecule has 2 amide bonds. The van der Waals surface area contributed by atoms with E-state index in [9.17, 15) is 9.59 Å². The van der Waals surface area contributed by atoms with Crippen molar-refractivity contribution in [2.24, 2.45) is 0 Å². The third-order valence-electron chi connectivity index (χ3n) is 5.96. The number of unbranched alkanes of at least 4 members (excludes halogenated alkanes) is 3. The van der Waals surface area contributed by atoms with Gasteiger partial charge in [-0.05, 0) is 67.9 Å². The Balaban J connectivity index is 1.49. The molecule has 1 aliphatic rings. The van der Waals surface area contributed by atoms with Gasteiger partial charge >= 0.3 is 0 Å². The van der Waals surface area contributed by atoms with Gasteiger partial charge in [-0.25, -0.2) is 0 Å². The Kier molecular flexibility index (Phi) is 10.3. The molecule has 0 radical (unpaired) electrons. The first-order valence-electron chi connectivity index (χ1n) is 12.3. The third kappa shape index (κ3) is 8.13. The molecule has 34 heavy (non-hydrogen) atoms. The fraction of sp³-hybridized carbons (Fsp3) is 0.444. The van der Waals surface area contributed by atoms with Crippen LogP contribution in [-0.2, 0) is 0 Å². The van der Waals surface area contributed by atoms with Crippen LogP contribution in [0.2, 0.25) is 0 Å². The van der Waals surface area contributed by atoms with Crippen LogP contribution in [0.4, 0.5) is 5.69 Å². The summed E-state index contributed by atoms with van der Waals surface area (Å²) < 4.78 is 5.83. The Morgan fingerprint density at radius 1 is 0.941 bits per heavy atom. The summed E-state index contributed by atoms with van der Waals surface area (Å²) in [4.78, 5) is 25.2. The highest BCUT2D eigenvalue weighted by atomic mass is 32.1. The lowest BCUT2D eigenvalue weighted by atomic mass is 9.95. The molecule has 0 unspecified atom stereocenters. The summed E-state index contributed by atoms with van der Waals surface area (Å²) in [5, 5.41) is 9.01. The average molecular weight is 482 g/mol. The largest absolute Gasteiger partial charge is 0.493 e. The van der Waals surface area contributed by atoms with E-state index in [4.69, 9.17) is 17.0 Å². The van der Waals surface area contributed by atoms with E-state index >= 15 is 0 Å². The summed E-state index contributed by atoms with van der Waals surface area (Å²) >= 11 is 5.32. The highest BCUT2D eigenvalue weighted by Gasteiger charge is 2.17. The van der Waals surface area contributed by atoms with Crippen LogP contribution in [0.25, 0.3) is 0 Å². The minimum atomic E-state index is -0.329. The average Bonchev–Trinajstić information content (AvgIpc) is 2.85. The number of hydrogen-bond donors (Lipinski definition) is 3. The molecule has 1 saturated carbocycles. The predicted octanol–water partition coefficient (Wildman–Crippen LogP) is 5.84. The zero-order valence-corrected chi connectivity index (χ0v) is 20.7. The van der Waals surface area contributed by atoms with Crippen LogP contribution >= 0.6 is 12.2 Å².